The number of rotatable bonds is 4. The standard InChI is InChI=1S/C11H9BrN2O4S2/c1-7-6-8(2-3-9(7)14(15)16)13-20(17,18)11-5-4-10(12)19-11/h2-6,13H,1H3. The van der Waals surface area contributed by atoms with Gasteiger partial charge in [0.05, 0.1) is 8.71 Å². The van der Waals surface area contributed by atoms with Crippen molar-refractivity contribution in [1.82, 2.24) is 0 Å². The zero-order valence-electron chi connectivity index (χ0n) is 10.2. The lowest BCUT2D eigenvalue weighted by Gasteiger charge is -2.07. The van der Waals surface area contributed by atoms with Gasteiger partial charge in [-0.2, -0.15) is 0 Å². The first-order chi connectivity index (χ1) is 9.29. The highest BCUT2D eigenvalue weighted by Crippen LogP contribution is 2.28. The van der Waals surface area contributed by atoms with Crippen LogP contribution in [0.2, 0.25) is 0 Å². The Labute approximate surface area is 127 Å². The van der Waals surface area contributed by atoms with Gasteiger partial charge in [0.1, 0.15) is 4.21 Å². The molecule has 0 aliphatic rings. The van der Waals surface area contributed by atoms with Gasteiger partial charge in [-0.3, -0.25) is 14.8 Å². The summed E-state index contributed by atoms with van der Waals surface area (Å²) >= 11 is 4.28. The fourth-order valence-corrected chi connectivity index (χ4v) is 4.63. The highest BCUT2D eigenvalue weighted by Gasteiger charge is 2.18. The first-order valence-corrected chi connectivity index (χ1v) is 8.42. The van der Waals surface area contributed by atoms with E-state index >= 15 is 0 Å². The molecule has 2 aromatic rings. The molecule has 0 aliphatic carbocycles. The number of hydrogen-bond acceptors (Lipinski definition) is 5. The number of nitro benzene ring substituents is 1. The van der Waals surface area contributed by atoms with Crippen LogP contribution in [0.1, 0.15) is 5.56 Å². The largest absolute Gasteiger partial charge is 0.279 e. The van der Waals surface area contributed by atoms with E-state index in [0.29, 0.717) is 9.35 Å². The molecule has 0 saturated heterocycles. The van der Waals surface area contributed by atoms with Crippen LogP contribution in [0.5, 0.6) is 0 Å². The molecular formula is C11H9BrN2O4S2. The van der Waals surface area contributed by atoms with Crippen LogP contribution in [0, 0.1) is 17.0 Å². The molecule has 20 heavy (non-hydrogen) atoms. The van der Waals surface area contributed by atoms with E-state index in [1.165, 1.54) is 24.3 Å². The molecule has 0 bridgehead atoms. The second kappa shape index (κ2) is 5.51. The average molecular weight is 377 g/mol. The van der Waals surface area contributed by atoms with Gasteiger partial charge in [0.15, 0.2) is 0 Å². The maximum absolute atomic E-state index is 12.1. The Morgan fingerprint density at radius 2 is 2.00 bits per heavy atom. The Morgan fingerprint density at radius 3 is 2.50 bits per heavy atom. The predicted molar refractivity (Wildman–Crippen MR) is 80.7 cm³/mol. The van der Waals surface area contributed by atoms with E-state index < -0.39 is 14.9 Å². The normalized spacial score (nSPS) is 11.3. The third-order valence-electron chi connectivity index (χ3n) is 2.46. The SMILES string of the molecule is Cc1cc(NS(=O)(=O)c2ccc(Br)s2)ccc1[N+](=O)[O-]. The quantitative estimate of drug-likeness (QED) is 0.652. The van der Waals surface area contributed by atoms with E-state index in [9.17, 15) is 18.5 Å². The smallest absolute Gasteiger partial charge is 0.272 e. The van der Waals surface area contributed by atoms with Crippen LogP contribution in [-0.2, 0) is 10.0 Å². The lowest BCUT2D eigenvalue weighted by molar-refractivity contribution is -0.385. The topological polar surface area (TPSA) is 89.3 Å². The number of benzene rings is 1. The first-order valence-electron chi connectivity index (χ1n) is 5.33. The molecule has 0 saturated carbocycles. The van der Waals surface area contributed by atoms with E-state index in [1.54, 1.807) is 13.0 Å². The van der Waals surface area contributed by atoms with E-state index in [-0.39, 0.29) is 15.6 Å². The van der Waals surface area contributed by atoms with Crippen LogP contribution < -0.4 is 4.72 Å². The van der Waals surface area contributed by atoms with Crippen LogP contribution in [0.15, 0.2) is 38.3 Å². The Hall–Kier alpha value is -1.45. The Bertz CT molecular complexity index is 770. The molecular weight excluding hydrogens is 368 g/mol. The molecule has 9 heteroatoms. The molecule has 1 aromatic heterocycles. The molecule has 0 amide bonds. The minimum absolute atomic E-state index is 0.0492. The number of nitro groups is 1. The Morgan fingerprint density at radius 1 is 1.30 bits per heavy atom. The zero-order valence-corrected chi connectivity index (χ0v) is 13.4. The van der Waals surface area contributed by atoms with Crippen LogP contribution in [-0.4, -0.2) is 13.3 Å². The first kappa shape index (κ1) is 14.9. The lowest BCUT2D eigenvalue weighted by Crippen LogP contribution is -2.11. The van der Waals surface area contributed by atoms with Gasteiger partial charge in [0, 0.05) is 17.3 Å². The van der Waals surface area contributed by atoms with Gasteiger partial charge in [-0.1, -0.05) is 0 Å². The number of thiophene rings is 1. The summed E-state index contributed by atoms with van der Waals surface area (Å²) in [6.07, 6.45) is 0. The third-order valence-corrected chi connectivity index (χ3v) is 5.96. The number of hydrogen-bond donors (Lipinski definition) is 1. The number of halogens is 1. The van der Waals surface area contributed by atoms with Gasteiger partial charge in [-0.25, -0.2) is 8.42 Å². The second-order valence-electron chi connectivity index (χ2n) is 3.92. The summed E-state index contributed by atoms with van der Waals surface area (Å²) in [5.41, 5.74) is 0.631. The summed E-state index contributed by atoms with van der Waals surface area (Å²) < 4.78 is 27.4. The minimum Gasteiger partial charge on any atom is -0.279 e. The van der Waals surface area contributed by atoms with Crippen molar-refractivity contribution in [2.45, 2.75) is 11.1 Å². The van der Waals surface area contributed by atoms with Crippen molar-refractivity contribution in [3.05, 3.63) is 49.8 Å². The molecule has 1 heterocycles. The summed E-state index contributed by atoms with van der Waals surface area (Å²) in [7, 11) is -3.67. The maximum Gasteiger partial charge on any atom is 0.272 e. The van der Waals surface area contributed by atoms with Crippen LogP contribution in [0.3, 0.4) is 0 Å². The van der Waals surface area contributed by atoms with Gasteiger partial charge in [-0.15, -0.1) is 11.3 Å². The summed E-state index contributed by atoms with van der Waals surface area (Å²) in [5, 5.41) is 10.7. The molecule has 106 valence electrons. The van der Waals surface area contributed by atoms with Crippen molar-refractivity contribution in [3.63, 3.8) is 0 Å². The molecule has 0 fully saturated rings. The molecule has 0 spiro atoms. The highest BCUT2D eigenvalue weighted by molar-refractivity contribution is 9.11. The number of aryl methyl sites for hydroxylation is 1. The van der Waals surface area contributed by atoms with Crippen molar-refractivity contribution < 1.29 is 13.3 Å². The monoisotopic (exact) mass is 376 g/mol. The van der Waals surface area contributed by atoms with Crippen molar-refractivity contribution in [2.75, 3.05) is 4.72 Å². The molecule has 6 nitrogen and oxygen atoms in total. The molecule has 0 unspecified atom stereocenters. The van der Waals surface area contributed by atoms with Crippen LogP contribution in [0.4, 0.5) is 11.4 Å². The van der Waals surface area contributed by atoms with Gasteiger partial charge in [-0.05, 0) is 47.1 Å². The van der Waals surface area contributed by atoms with E-state index in [1.807, 2.05) is 0 Å². The van der Waals surface area contributed by atoms with Crippen LogP contribution >= 0.6 is 27.3 Å². The highest BCUT2D eigenvalue weighted by atomic mass is 79.9. The van der Waals surface area contributed by atoms with Gasteiger partial charge >= 0.3 is 0 Å². The minimum atomic E-state index is -3.67. The zero-order chi connectivity index (χ0) is 14.9. The van der Waals surface area contributed by atoms with E-state index in [2.05, 4.69) is 20.7 Å². The molecule has 2 rings (SSSR count). The summed E-state index contributed by atoms with van der Waals surface area (Å²) in [5.74, 6) is 0. The van der Waals surface area contributed by atoms with Crippen molar-refractivity contribution in [2.24, 2.45) is 0 Å². The number of anilines is 1. The average Bonchev–Trinajstić information content (AvgIpc) is 2.75. The van der Waals surface area contributed by atoms with Crippen molar-refractivity contribution >= 4 is 48.7 Å². The van der Waals surface area contributed by atoms with E-state index in [0.717, 1.165) is 11.3 Å². The summed E-state index contributed by atoms with van der Waals surface area (Å²) in [4.78, 5) is 10.2. The fourth-order valence-electron chi connectivity index (χ4n) is 1.57. The lowest BCUT2D eigenvalue weighted by atomic mass is 10.2. The third kappa shape index (κ3) is 3.17. The Balaban J connectivity index is 2.30. The van der Waals surface area contributed by atoms with Crippen LogP contribution in [0.25, 0.3) is 0 Å². The number of nitrogens with one attached hydrogen (secondary N) is 1. The fraction of sp³-hybridized carbons (Fsp3) is 0.0909. The van der Waals surface area contributed by atoms with E-state index in [4.69, 9.17) is 0 Å². The molecule has 0 atom stereocenters. The molecule has 1 aromatic carbocycles. The molecule has 1 N–H and O–H groups in total. The number of sulfonamides is 1. The van der Waals surface area contributed by atoms with Gasteiger partial charge < -0.3 is 0 Å². The Kier molecular flexibility index (Phi) is 4.11. The van der Waals surface area contributed by atoms with Gasteiger partial charge in [0.2, 0.25) is 0 Å². The summed E-state index contributed by atoms with van der Waals surface area (Å²) in [6.45, 7) is 1.55. The van der Waals surface area contributed by atoms with Crippen molar-refractivity contribution in [1.29, 1.82) is 0 Å². The predicted octanol–water partition coefficient (Wildman–Crippen LogP) is 3.53. The second-order valence-corrected chi connectivity index (χ2v) is 8.29. The maximum atomic E-state index is 12.1. The van der Waals surface area contributed by atoms with Gasteiger partial charge in [0.25, 0.3) is 15.7 Å². The molecule has 0 aliphatic heterocycles. The molecule has 0 radical (unpaired) electrons. The number of nitrogens with zero attached hydrogens (tertiary/aromatic N) is 1. The van der Waals surface area contributed by atoms with Crippen molar-refractivity contribution in [3.8, 4) is 0 Å². The summed E-state index contributed by atoms with van der Waals surface area (Å²) in [6, 6.07) is 7.19.